The molecule has 23 heavy (non-hydrogen) atoms. The number of benzene rings is 2. The molecule has 1 aliphatic heterocycles. The summed E-state index contributed by atoms with van der Waals surface area (Å²) in [6, 6.07) is 13.4. The minimum absolute atomic E-state index is 0.0515. The monoisotopic (exact) mass is 347 g/mol. The van der Waals surface area contributed by atoms with Crippen molar-refractivity contribution in [3.8, 4) is 0 Å². The molecule has 1 saturated heterocycles. The Morgan fingerprint density at radius 3 is 2.52 bits per heavy atom. The van der Waals surface area contributed by atoms with E-state index in [1.54, 1.807) is 18.2 Å². The Kier molecular flexibility index (Phi) is 5.37. The van der Waals surface area contributed by atoms with E-state index < -0.39 is 0 Å². The second-order valence-corrected chi connectivity index (χ2v) is 6.83. The number of nitrogens with one attached hydrogen (secondary N) is 1. The molecule has 1 fully saturated rings. The van der Waals surface area contributed by atoms with E-state index in [0.29, 0.717) is 27.9 Å². The lowest BCUT2D eigenvalue weighted by Gasteiger charge is -2.23. The average molecular weight is 348 g/mol. The van der Waals surface area contributed by atoms with E-state index in [0.717, 1.165) is 18.7 Å². The molecule has 4 heteroatoms. The molecule has 1 N–H and O–H groups in total. The largest absolute Gasteiger partial charge is 0.316 e. The summed E-state index contributed by atoms with van der Waals surface area (Å²) in [6.45, 7) is 2.16. The molecule has 0 bridgehead atoms. The quantitative estimate of drug-likeness (QED) is 0.798. The molecule has 0 radical (unpaired) electrons. The molecule has 1 unspecified atom stereocenters. The van der Waals surface area contributed by atoms with Crippen molar-refractivity contribution in [2.24, 2.45) is 0 Å². The predicted molar refractivity (Wildman–Crippen MR) is 95.8 cm³/mol. The number of piperidine rings is 1. The van der Waals surface area contributed by atoms with Crippen LogP contribution in [0, 0.1) is 0 Å². The van der Waals surface area contributed by atoms with Crippen LogP contribution in [0.1, 0.15) is 40.2 Å². The van der Waals surface area contributed by atoms with E-state index in [-0.39, 0.29) is 5.78 Å². The Labute approximate surface area is 146 Å². The predicted octanol–water partition coefficient (Wildman–Crippen LogP) is 4.89. The van der Waals surface area contributed by atoms with Gasteiger partial charge in [-0.3, -0.25) is 4.79 Å². The van der Waals surface area contributed by atoms with Crippen molar-refractivity contribution in [3.63, 3.8) is 0 Å². The zero-order valence-corrected chi connectivity index (χ0v) is 14.3. The van der Waals surface area contributed by atoms with E-state index in [1.807, 2.05) is 0 Å². The molecule has 0 aliphatic carbocycles. The zero-order chi connectivity index (χ0) is 16.2. The Morgan fingerprint density at radius 1 is 1.09 bits per heavy atom. The Hall–Kier alpha value is -1.35. The topological polar surface area (TPSA) is 29.1 Å². The van der Waals surface area contributed by atoms with Gasteiger partial charge in [0.2, 0.25) is 0 Å². The fourth-order valence-electron chi connectivity index (χ4n) is 3.00. The van der Waals surface area contributed by atoms with Crippen LogP contribution >= 0.6 is 23.2 Å². The van der Waals surface area contributed by atoms with E-state index in [1.165, 1.54) is 18.4 Å². The summed E-state index contributed by atoms with van der Waals surface area (Å²) in [5.41, 5.74) is 2.97. The summed E-state index contributed by atoms with van der Waals surface area (Å²) in [5.74, 6) is 0.638. The number of hydrogen-bond acceptors (Lipinski definition) is 2. The normalized spacial score (nSPS) is 17.9. The van der Waals surface area contributed by atoms with Crippen molar-refractivity contribution in [2.45, 2.75) is 25.2 Å². The zero-order valence-electron chi connectivity index (χ0n) is 12.8. The van der Waals surface area contributed by atoms with Crippen LogP contribution in [0.5, 0.6) is 0 Å². The first kappa shape index (κ1) is 16.5. The first-order valence-electron chi connectivity index (χ1n) is 7.91. The molecule has 1 heterocycles. The molecule has 2 aromatic carbocycles. The lowest BCUT2D eigenvalue weighted by molar-refractivity contribution is 0.0993. The van der Waals surface area contributed by atoms with Crippen LogP contribution in [0.15, 0.2) is 42.5 Å². The smallest absolute Gasteiger partial charge is 0.167 e. The Bertz CT molecular complexity index is 691. The van der Waals surface area contributed by atoms with Crippen LogP contribution in [-0.4, -0.2) is 18.9 Å². The third kappa shape index (κ3) is 4.14. The molecule has 0 spiro atoms. The molecule has 1 aliphatic rings. The number of halogens is 2. The van der Waals surface area contributed by atoms with Crippen LogP contribution < -0.4 is 5.32 Å². The summed E-state index contributed by atoms with van der Waals surface area (Å²) in [5, 5.41) is 4.31. The van der Waals surface area contributed by atoms with Gasteiger partial charge in [-0.25, -0.2) is 0 Å². The standard InChI is InChI=1S/C19H19Cl2NO/c20-17-8-7-15(11-18(17)21)19(23)10-13-3-5-14(6-4-13)16-2-1-9-22-12-16/h3-8,11,16,22H,1-2,9-10,12H2. The number of carbonyl (C=O) groups is 1. The highest BCUT2D eigenvalue weighted by Crippen LogP contribution is 2.25. The van der Waals surface area contributed by atoms with Crippen LogP contribution in [0.4, 0.5) is 0 Å². The SMILES string of the molecule is O=C(Cc1ccc(C2CCCNC2)cc1)c1ccc(Cl)c(Cl)c1. The summed E-state index contributed by atoms with van der Waals surface area (Å²) in [4.78, 5) is 12.4. The Balaban J connectivity index is 1.67. The van der Waals surface area contributed by atoms with Gasteiger partial charge < -0.3 is 5.32 Å². The van der Waals surface area contributed by atoms with Gasteiger partial charge in [0.25, 0.3) is 0 Å². The highest BCUT2D eigenvalue weighted by Gasteiger charge is 2.15. The first-order valence-corrected chi connectivity index (χ1v) is 8.67. The maximum atomic E-state index is 12.4. The van der Waals surface area contributed by atoms with Gasteiger partial charge in [0.05, 0.1) is 10.0 Å². The second kappa shape index (κ2) is 7.48. The minimum Gasteiger partial charge on any atom is -0.316 e. The molecule has 120 valence electrons. The van der Waals surface area contributed by atoms with Crippen LogP contribution in [0.2, 0.25) is 10.0 Å². The molecule has 2 aromatic rings. The summed E-state index contributed by atoms with van der Waals surface area (Å²) >= 11 is 11.9. The van der Waals surface area contributed by atoms with Crippen LogP contribution in [0.25, 0.3) is 0 Å². The molecule has 0 saturated carbocycles. The minimum atomic E-state index is 0.0515. The molecule has 1 atom stereocenters. The molecule has 0 amide bonds. The molecule has 2 nitrogen and oxygen atoms in total. The van der Waals surface area contributed by atoms with E-state index in [9.17, 15) is 4.79 Å². The Morgan fingerprint density at radius 2 is 1.87 bits per heavy atom. The lowest BCUT2D eigenvalue weighted by atomic mass is 9.90. The molecule has 3 rings (SSSR count). The van der Waals surface area contributed by atoms with Gasteiger partial charge in [-0.2, -0.15) is 0 Å². The van der Waals surface area contributed by atoms with E-state index >= 15 is 0 Å². The number of hydrogen-bond donors (Lipinski definition) is 1. The number of rotatable bonds is 4. The number of Topliss-reactive ketones (excluding diaryl/α,β-unsaturated/α-hetero) is 1. The number of carbonyl (C=O) groups excluding carboxylic acids is 1. The highest BCUT2D eigenvalue weighted by molar-refractivity contribution is 6.42. The van der Waals surface area contributed by atoms with Gasteiger partial charge in [0.1, 0.15) is 0 Å². The first-order chi connectivity index (χ1) is 11.1. The van der Waals surface area contributed by atoms with Crippen molar-refractivity contribution in [1.29, 1.82) is 0 Å². The van der Waals surface area contributed by atoms with Crippen LogP contribution in [0.3, 0.4) is 0 Å². The molecule has 0 aromatic heterocycles. The third-order valence-electron chi connectivity index (χ3n) is 4.35. The van der Waals surface area contributed by atoms with Gasteiger partial charge in [0, 0.05) is 18.5 Å². The summed E-state index contributed by atoms with van der Waals surface area (Å²) in [6.07, 6.45) is 2.83. The maximum Gasteiger partial charge on any atom is 0.167 e. The number of ketones is 1. The van der Waals surface area contributed by atoms with Gasteiger partial charge in [-0.05, 0) is 54.6 Å². The fourth-order valence-corrected chi connectivity index (χ4v) is 3.30. The van der Waals surface area contributed by atoms with Crippen molar-refractivity contribution >= 4 is 29.0 Å². The molecular weight excluding hydrogens is 329 g/mol. The van der Waals surface area contributed by atoms with Crippen molar-refractivity contribution in [3.05, 3.63) is 69.2 Å². The average Bonchev–Trinajstić information content (AvgIpc) is 2.59. The van der Waals surface area contributed by atoms with E-state index in [2.05, 4.69) is 29.6 Å². The summed E-state index contributed by atoms with van der Waals surface area (Å²) < 4.78 is 0. The van der Waals surface area contributed by atoms with Gasteiger partial charge in [-0.15, -0.1) is 0 Å². The van der Waals surface area contributed by atoms with Gasteiger partial charge in [-0.1, -0.05) is 47.5 Å². The maximum absolute atomic E-state index is 12.4. The van der Waals surface area contributed by atoms with E-state index in [4.69, 9.17) is 23.2 Å². The van der Waals surface area contributed by atoms with Crippen molar-refractivity contribution in [2.75, 3.05) is 13.1 Å². The lowest BCUT2D eigenvalue weighted by Crippen LogP contribution is -2.28. The second-order valence-electron chi connectivity index (χ2n) is 6.01. The van der Waals surface area contributed by atoms with Gasteiger partial charge >= 0.3 is 0 Å². The fraction of sp³-hybridized carbons (Fsp3) is 0.316. The van der Waals surface area contributed by atoms with Crippen molar-refractivity contribution < 1.29 is 4.79 Å². The van der Waals surface area contributed by atoms with Crippen molar-refractivity contribution in [1.82, 2.24) is 5.32 Å². The van der Waals surface area contributed by atoms with Gasteiger partial charge in [0.15, 0.2) is 5.78 Å². The van der Waals surface area contributed by atoms with Crippen LogP contribution in [-0.2, 0) is 6.42 Å². The third-order valence-corrected chi connectivity index (χ3v) is 5.09. The summed E-state index contributed by atoms with van der Waals surface area (Å²) in [7, 11) is 0. The highest BCUT2D eigenvalue weighted by atomic mass is 35.5. The molecular formula is C19H19Cl2NO.